The van der Waals surface area contributed by atoms with Crippen LogP contribution in [0.15, 0.2) is 140 Å². The summed E-state index contributed by atoms with van der Waals surface area (Å²) in [6.45, 7) is 0. The molecular weight excluding hydrogens is 574 g/mol. The van der Waals surface area contributed by atoms with Gasteiger partial charge in [0.1, 0.15) is 11.5 Å². The average molecular weight is 598 g/mol. The lowest BCUT2D eigenvalue weighted by Gasteiger charge is -2.23. The van der Waals surface area contributed by atoms with Gasteiger partial charge in [-0.3, -0.25) is 4.98 Å². The molecule has 47 heavy (non-hydrogen) atoms. The third-order valence-corrected chi connectivity index (χ3v) is 9.59. The molecule has 0 N–H and O–H groups in total. The number of benzene rings is 7. The highest BCUT2D eigenvalue weighted by Crippen LogP contribution is 2.49. The molecule has 4 heteroatoms. The van der Waals surface area contributed by atoms with Crippen LogP contribution < -0.4 is 4.74 Å². The predicted octanol–water partition coefficient (Wildman–Crippen LogP) is 11.2. The van der Waals surface area contributed by atoms with E-state index in [1.54, 1.807) is 12.4 Å². The van der Waals surface area contributed by atoms with Crippen LogP contribution in [0.25, 0.3) is 87.9 Å². The molecule has 0 spiro atoms. The Balaban J connectivity index is 1.15. The Morgan fingerprint density at radius 1 is 0.489 bits per heavy atom. The van der Waals surface area contributed by atoms with Crippen LogP contribution in [0, 0.1) is 11.3 Å². The molecular formula is C43H23N3O. The number of nitriles is 1. The van der Waals surface area contributed by atoms with Gasteiger partial charge in [-0.1, -0.05) is 78.9 Å². The van der Waals surface area contributed by atoms with Crippen LogP contribution >= 0.6 is 0 Å². The minimum Gasteiger partial charge on any atom is -0.456 e. The monoisotopic (exact) mass is 597 g/mol. The molecule has 9 aromatic rings. The summed E-state index contributed by atoms with van der Waals surface area (Å²) in [5.41, 5.74) is 9.07. The summed E-state index contributed by atoms with van der Waals surface area (Å²) in [6.07, 6.45) is 3.60. The van der Waals surface area contributed by atoms with Crippen molar-refractivity contribution in [3.8, 4) is 62.3 Å². The van der Waals surface area contributed by atoms with E-state index in [9.17, 15) is 5.26 Å². The Hall–Kier alpha value is -6.57. The minimum atomic E-state index is 0.656. The Morgan fingerprint density at radius 3 is 2.00 bits per heavy atom. The molecule has 10 rings (SSSR count). The largest absolute Gasteiger partial charge is 0.456 e. The van der Waals surface area contributed by atoms with Crippen molar-refractivity contribution in [2.75, 3.05) is 0 Å². The van der Waals surface area contributed by atoms with Crippen LogP contribution in [0.1, 0.15) is 5.56 Å². The number of ether oxygens (including phenoxy) is 1. The number of nitrogens with zero attached hydrogens (tertiary/aromatic N) is 3. The van der Waals surface area contributed by atoms with Crippen molar-refractivity contribution in [2.24, 2.45) is 0 Å². The molecule has 3 heterocycles. The molecule has 4 nitrogen and oxygen atoms in total. The molecule has 0 saturated carbocycles. The van der Waals surface area contributed by atoms with Crippen LogP contribution in [0.2, 0.25) is 0 Å². The first-order valence-electron chi connectivity index (χ1n) is 15.6. The number of aromatic nitrogens is 2. The first-order chi connectivity index (χ1) is 23.2. The lowest BCUT2D eigenvalue weighted by Crippen LogP contribution is -1.98. The van der Waals surface area contributed by atoms with E-state index in [1.807, 2.05) is 42.5 Å². The Bertz CT molecular complexity index is 2780. The van der Waals surface area contributed by atoms with Gasteiger partial charge in [0.05, 0.1) is 23.0 Å². The Morgan fingerprint density at radius 2 is 1.19 bits per heavy atom. The van der Waals surface area contributed by atoms with Gasteiger partial charge in [0.2, 0.25) is 0 Å². The van der Waals surface area contributed by atoms with Crippen molar-refractivity contribution < 1.29 is 4.74 Å². The Labute approximate surface area is 270 Å². The zero-order valence-corrected chi connectivity index (χ0v) is 25.0. The molecule has 0 fully saturated rings. The fourth-order valence-electron chi connectivity index (χ4n) is 7.44. The molecule has 0 atom stereocenters. The molecule has 0 amide bonds. The molecule has 0 bridgehead atoms. The van der Waals surface area contributed by atoms with Gasteiger partial charge in [-0.2, -0.15) is 5.26 Å². The predicted molar refractivity (Wildman–Crippen MR) is 190 cm³/mol. The average Bonchev–Trinajstić information content (AvgIpc) is 3.14. The third kappa shape index (κ3) is 3.75. The number of fused-ring (bicyclic) bond motifs is 2. The van der Waals surface area contributed by atoms with Crippen LogP contribution in [-0.4, -0.2) is 9.97 Å². The van der Waals surface area contributed by atoms with E-state index in [4.69, 9.17) is 9.72 Å². The summed E-state index contributed by atoms with van der Waals surface area (Å²) < 4.78 is 6.52. The zero-order valence-electron chi connectivity index (χ0n) is 25.0. The quantitative estimate of drug-likeness (QED) is 0.190. The number of hydrogen-bond donors (Lipinski definition) is 0. The highest BCUT2D eigenvalue weighted by Gasteiger charge is 2.23. The summed E-state index contributed by atoms with van der Waals surface area (Å²) in [7, 11) is 0. The van der Waals surface area contributed by atoms with Crippen molar-refractivity contribution in [3.63, 3.8) is 0 Å². The molecule has 0 saturated heterocycles. The maximum atomic E-state index is 9.69. The van der Waals surface area contributed by atoms with E-state index < -0.39 is 0 Å². The van der Waals surface area contributed by atoms with E-state index in [0.717, 1.165) is 67.0 Å². The van der Waals surface area contributed by atoms with E-state index in [-0.39, 0.29) is 0 Å². The number of hydrogen-bond acceptors (Lipinski definition) is 4. The summed E-state index contributed by atoms with van der Waals surface area (Å²) in [5, 5.41) is 18.9. The summed E-state index contributed by atoms with van der Waals surface area (Å²) in [4.78, 5) is 9.25. The van der Waals surface area contributed by atoms with Gasteiger partial charge in [-0.15, -0.1) is 0 Å². The smallest absolute Gasteiger partial charge is 0.136 e. The van der Waals surface area contributed by atoms with Crippen LogP contribution in [0.3, 0.4) is 0 Å². The van der Waals surface area contributed by atoms with Gasteiger partial charge < -0.3 is 4.74 Å². The SMILES string of the molecule is N#Cc1ccc2c3c(cccc13)-c1ccc(-c3ccc4ccc5c(-c6cccc(-c7ccncc7)n6)ccc6ccc3c4c65)cc1O2. The van der Waals surface area contributed by atoms with Crippen molar-refractivity contribution >= 4 is 43.1 Å². The lowest BCUT2D eigenvalue weighted by molar-refractivity contribution is 0.487. The van der Waals surface area contributed by atoms with Crippen LogP contribution in [0.5, 0.6) is 11.5 Å². The molecule has 0 aliphatic carbocycles. The summed E-state index contributed by atoms with van der Waals surface area (Å²) >= 11 is 0. The van der Waals surface area contributed by atoms with Crippen molar-refractivity contribution in [2.45, 2.75) is 0 Å². The highest BCUT2D eigenvalue weighted by atomic mass is 16.5. The second kappa shape index (κ2) is 9.71. The normalized spacial score (nSPS) is 12.0. The van der Waals surface area contributed by atoms with Crippen LogP contribution in [0.4, 0.5) is 0 Å². The van der Waals surface area contributed by atoms with Gasteiger partial charge in [0.25, 0.3) is 0 Å². The summed E-state index contributed by atoms with van der Waals surface area (Å²) in [5.74, 6) is 1.60. The van der Waals surface area contributed by atoms with E-state index in [0.29, 0.717) is 5.56 Å². The molecule has 1 aliphatic heterocycles. The Kier molecular flexibility index (Phi) is 5.32. The fourth-order valence-corrected chi connectivity index (χ4v) is 7.44. The van der Waals surface area contributed by atoms with Crippen molar-refractivity contribution in [1.29, 1.82) is 5.26 Å². The van der Waals surface area contributed by atoms with Crippen molar-refractivity contribution in [1.82, 2.24) is 9.97 Å². The molecule has 7 aromatic carbocycles. The van der Waals surface area contributed by atoms with Gasteiger partial charge >= 0.3 is 0 Å². The lowest BCUT2D eigenvalue weighted by atomic mass is 9.87. The maximum absolute atomic E-state index is 9.69. The van der Waals surface area contributed by atoms with Gasteiger partial charge in [0.15, 0.2) is 0 Å². The topological polar surface area (TPSA) is 58.8 Å². The molecule has 0 radical (unpaired) electrons. The van der Waals surface area contributed by atoms with E-state index in [1.165, 1.54) is 32.3 Å². The molecule has 2 aromatic heterocycles. The molecule has 216 valence electrons. The minimum absolute atomic E-state index is 0.656. The number of rotatable bonds is 3. The fraction of sp³-hybridized carbons (Fsp3) is 0. The van der Waals surface area contributed by atoms with Gasteiger partial charge in [-0.25, -0.2) is 4.98 Å². The van der Waals surface area contributed by atoms with Gasteiger partial charge in [-0.05, 0) is 97.5 Å². The third-order valence-electron chi connectivity index (χ3n) is 9.59. The first-order valence-corrected chi connectivity index (χ1v) is 15.6. The molecule has 0 unspecified atom stereocenters. The maximum Gasteiger partial charge on any atom is 0.136 e. The van der Waals surface area contributed by atoms with Crippen molar-refractivity contribution in [3.05, 3.63) is 145 Å². The second-order valence-corrected chi connectivity index (χ2v) is 12.1. The van der Waals surface area contributed by atoms with E-state index in [2.05, 4.69) is 96.0 Å². The molecule has 1 aliphatic rings. The highest BCUT2D eigenvalue weighted by molar-refractivity contribution is 6.27. The van der Waals surface area contributed by atoms with E-state index >= 15 is 0 Å². The number of pyridine rings is 2. The first kappa shape index (κ1) is 25.7. The summed E-state index contributed by atoms with van der Waals surface area (Å²) in [6, 6.07) is 46.7. The zero-order chi connectivity index (χ0) is 31.1. The van der Waals surface area contributed by atoms with Crippen LogP contribution in [-0.2, 0) is 0 Å². The standard InChI is InChI=1S/C43H23N3O/c44-24-29-12-18-39-43-31(29)3-1-4-34(43)33-15-11-28(23-40(33)47-39)30-13-7-26-10-17-36-32(14-8-27-9-16-35(30)41(26)42(27)36)38-6-2-5-37(46-38)25-19-21-45-22-20-25/h1-23H. The van der Waals surface area contributed by atoms with Gasteiger partial charge in [0, 0.05) is 39.9 Å². The second-order valence-electron chi connectivity index (χ2n) is 12.1.